The van der Waals surface area contributed by atoms with Gasteiger partial charge in [-0.1, -0.05) is 11.8 Å². The molecule has 2 heterocycles. The van der Waals surface area contributed by atoms with E-state index >= 15 is 0 Å². The third-order valence-electron chi connectivity index (χ3n) is 4.15. The number of anilines is 1. The number of alkyl halides is 3. The molecule has 0 spiro atoms. The van der Waals surface area contributed by atoms with E-state index in [-0.39, 0.29) is 0 Å². The number of hydrogen-bond donors (Lipinski definition) is 1. The van der Waals surface area contributed by atoms with Crippen molar-refractivity contribution in [2.75, 3.05) is 18.0 Å². The van der Waals surface area contributed by atoms with Crippen molar-refractivity contribution in [1.29, 1.82) is 0 Å². The molecular formula is C19H17F3N2O2S. The van der Waals surface area contributed by atoms with Crippen LogP contribution in [0.4, 0.5) is 18.9 Å². The van der Waals surface area contributed by atoms with Crippen LogP contribution in [0, 0.1) is 0 Å². The van der Waals surface area contributed by atoms with Crippen LogP contribution >= 0.6 is 11.8 Å². The first-order chi connectivity index (χ1) is 12.8. The van der Waals surface area contributed by atoms with Crippen molar-refractivity contribution >= 4 is 29.5 Å². The number of rotatable bonds is 5. The van der Waals surface area contributed by atoms with Crippen molar-refractivity contribution in [2.45, 2.75) is 28.9 Å². The Bertz CT molecular complexity index is 845. The van der Waals surface area contributed by atoms with Crippen molar-refractivity contribution in [2.24, 2.45) is 0 Å². The minimum absolute atomic E-state index is 0.405. The molecule has 0 unspecified atom stereocenters. The Labute approximate surface area is 158 Å². The molecule has 1 aliphatic rings. The van der Waals surface area contributed by atoms with Gasteiger partial charge in [0.05, 0.1) is 5.56 Å². The Balaban J connectivity index is 1.87. The number of nitrogens with zero attached hydrogens (tertiary/aromatic N) is 2. The van der Waals surface area contributed by atoms with Crippen LogP contribution < -0.4 is 4.90 Å². The van der Waals surface area contributed by atoms with Crippen LogP contribution in [0.5, 0.6) is 0 Å². The summed E-state index contributed by atoms with van der Waals surface area (Å²) in [7, 11) is 0. The zero-order valence-electron chi connectivity index (χ0n) is 14.2. The highest BCUT2D eigenvalue weighted by atomic mass is 32.2. The monoisotopic (exact) mass is 394 g/mol. The van der Waals surface area contributed by atoms with E-state index in [1.54, 1.807) is 0 Å². The molecule has 0 atom stereocenters. The molecule has 142 valence electrons. The summed E-state index contributed by atoms with van der Waals surface area (Å²) in [5, 5.41) is 9.32. The average molecular weight is 394 g/mol. The Morgan fingerprint density at radius 2 is 1.93 bits per heavy atom. The second-order valence-electron chi connectivity index (χ2n) is 6.07. The van der Waals surface area contributed by atoms with Gasteiger partial charge in [0.2, 0.25) is 0 Å². The number of carbonyl (C=O) groups is 1. The predicted molar refractivity (Wildman–Crippen MR) is 97.9 cm³/mol. The van der Waals surface area contributed by atoms with Crippen LogP contribution in [0.3, 0.4) is 0 Å². The van der Waals surface area contributed by atoms with E-state index in [2.05, 4.69) is 9.88 Å². The molecule has 4 nitrogen and oxygen atoms in total. The lowest BCUT2D eigenvalue weighted by Crippen LogP contribution is -2.17. The molecule has 0 radical (unpaired) electrons. The lowest BCUT2D eigenvalue weighted by Gasteiger charge is -2.19. The van der Waals surface area contributed by atoms with E-state index < -0.39 is 17.7 Å². The second kappa shape index (κ2) is 8.04. The van der Waals surface area contributed by atoms with Crippen LogP contribution in [-0.2, 0) is 11.0 Å². The molecule has 1 saturated heterocycles. The maximum atomic E-state index is 12.7. The van der Waals surface area contributed by atoms with Crippen LogP contribution in [0.15, 0.2) is 52.5 Å². The van der Waals surface area contributed by atoms with Crippen LogP contribution in [-0.4, -0.2) is 29.1 Å². The molecule has 0 amide bonds. The van der Waals surface area contributed by atoms with E-state index in [0.29, 0.717) is 10.6 Å². The Morgan fingerprint density at radius 1 is 1.19 bits per heavy atom. The van der Waals surface area contributed by atoms with Crippen LogP contribution in [0.25, 0.3) is 6.08 Å². The SMILES string of the molecule is O=C(O)C=Cc1cc(N2CCCC2)ccc1Sc1ccc(C(F)(F)F)cn1. The summed E-state index contributed by atoms with van der Waals surface area (Å²) in [5.41, 5.74) is 0.887. The fourth-order valence-electron chi connectivity index (χ4n) is 2.81. The van der Waals surface area contributed by atoms with Gasteiger partial charge in [-0.2, -0.15) is 13.2 Å². The molecule has 27 heavy (non-hydrogen) atoms. The smallest absolute Gasteiger partial charge is 0.417 e. The third kappa shape index (κ3) is 5.03. The normalized spacial score (nSPS) is 14.9. The predicted octanol–water partition coefficient (Wildman–Crippen LogP) is 4.95. The Hall–Kier alpha value is -2.48. The molecule has 1 N–H and O–H groups in total. The fourth-order valence-corrected chi connectivity index (χ4v) is 3.66. The fraction of sp³-hybridized carbons (Fsp3) is 0.263. The Morgan fingerprint density at radius 3 is 2.52 bits per heavy atom. The van der Waals surface area contributed by atoms with Crippen LogP contribution in [0.2, 0.25) is 0 Å². The van der Waals surface area contributed by atoms with Crippen molar-refractivity contribution in [1.82, 2.24) is 4.98 Å². The molecule has 1 fully saturated rings. The van der Waals surface area contributed by atoms with Crippen molar-refractivity contribution in [3.05, 3.63) is 53.7 Å². The summed E-state index contributed by atoms with van der Waals surface area (Å²) in [6.07, 6.45) is 1.15. The van der Waals surface area contributed by atoms with Gasteiger partial charge in [0.15, 0.2) is 0 Å². The largest absolute Gasteiger partial charge is 0.478 e. The molecule has 1 aromatic heterocycles. The van der Waals surface area contributed by atoms with Gasteiger partial charge in [0, 0.05) is 35.9 Å². The van der Waals surface area contributed by atoms with Gasteiger partial charge in [-0.3, -0.25) is 0 Å². The first-order valence-corrected chi connectivity index (χ1v) is 9.16. The van der Waals surface area contributed by atoms with E-state index in [0.717, 1.165) is 54.9 Å². The van der Waals surface area contributed by atoms with Gasteiger partial charge < -0.3 is 10.0 Å². The summed E-state index contributed by atoms with van der Waals surface area (Å²) in [4.78, 5) is 17.7. The third-order valence-corrected chi connectivity index (χ3v) is 5.19. The highest BCUT2D eigenvalue weighted by molar-refractivity contribution is 7.99. The summed E-state index contributed by atoms with van der Waals surface area (Å²) >= 11 is 1.20. The van der Waals surface area contributed by atoms with Gasteiger partial charge in [-0.15, -0.1) is 0 Å². The van der Waals surface area contributed by atoms with Gasteiger partial charge >= 0.3 is 12.1 Å². The van der Waals surface area contributed by atoms with E-state index in [9.17, 15) is 18.0 Å². The number of aliphatic carboxylic acids is 1. The average Bonchev–Trinajstić information content (AvgIpc) is 3.15. The standard InChI is InChI=1S/C19H17F3N2O2S/c20-19(21,22)14-4-7-17(23-12-14)27-16-6-5-15(24-9-1-2-10-24)11-13(16)3-8-18(25)26/h3-8,11-12H,1-2,9-10H2,(H,25,26). The maximum Gasteiger partial charge on any atom is 0.417 e. The van der Waals surface area contributed by atoms with Gasteiger partial charge in [-0.05, 0) is 54.8 Å². The lowest BCUT2D eigenvalue weighted by atomic mass is 10.1. The number of halogens is 3. The molecule has 0 aliphatic carbocycles. The number of aromatic nitrogens is 1. The summed E-state index contributed by atoms with van der Waals surface area (Å²) in [6, 6.07) is 7.99. The highest BCUT2D eigenvalue weighted by Crippen LogP contribution is 2.35. The molecule has 0 saturated carbocycles. The van der Waals surface area contributed by atoms with Crippen molar-refractivity contribution < 1.29 is 23.1 Å². The zero-order chi connectivity index (χ0) is 19.4. The first-order valence-electron chi connectivity index (χ1n) is 8.34. The van der Waals surface area contributed by atoms with Gasteiger partial charge in [-0.25, -0.2) is 9.78 Å². The van der Waals surface area contributed by atoms with Gasteiger partial charge in [0.25, 0.3) is 0 Å². The minimum atomic E-state index is -4.43. The summed E-state index contributed by atoms with van der Waals surface area (Å²) in [5.74, 6) is -1.06. The topological polar surface area (TPSA) is 53.4 Å². The second-order valence-corrected chi connectivity index (χ2v) is 7.14. The number of hydrogen-bond acceptors (Lipinski definition) is 4. The molecule has 8 heteroatoms. The molecule has 0 bridgehead atoms. The summed E-state index contributed by atoms with van der Waals surface area (Å²) < 4.78 is 38.0. The number of benzene rings is 1. The summed E-state index contributed by atoms with van der Waals surface area (Å²) in [6.45, 7) is 1.91. The first kappa shape index (κ1) is 19.3. The zero-order valence-corrected chi connectivity index (χ0v) is 15.1. The van der Waals surface area contributed by atoms with E-state index in [4.69, 9.17) is 5.11 Å². The van der Waals surface area contributed by atoms with Gasteiger partial charge in [0.1, 0.15) is 5.03 Å². The molecule has 2 aromatic rings. The Kier molecular flexibility index (Phi) is 5.74. The molecule has 3 rings (SSSR count). The van der Waals surface area contributed by atoms with Crippen LogP contribution in [0.1, 0.15) is 24.0 Å². The number of carboxylic acid groups (broad SMARTS) is 1. The van der Waals surface area contributed by atoms with Crippen molar-refractivity contribution in [3.63, 3.8) is 0 Å². The number of pyridine rings is 1. The highest BCUT2D eigenvalue weighted by Gasteiger charge is 2.30. The van der Waals surface area contributed by atoms with Crippen molar-refractivity contribution in [3.8, 4) is 0 Å². The van der Waals surface area contributed by atoms with E-state index in [1.807, 2.05) is 18.2 Å². The minimum Gasteiger partial charge on any atom is -0.478 e. The molecule has 1 aromatic carbocycles. The lowest BCUT2D eigenvalue weighted by molar-refractivity contribution is -0.138. The quantitative estimate of drug-likeness (QED) is 0.728. The number of carboxylic acids is 1. The maximum absolute atomic E-state index is 12.7. The molecule has 1 aliphatic heterocycles. The van der Waals surface area contributed by atoms with E-state index in [1.165, 1.54) is 23.9 Å². The molecular weight excluding hydrogens is 377 g/mol.